The SMILES string of the molecule is CCCCC/C=C\C/C=C\CCCCCCCC(=O)O[C@@H](COC(=O)CCCCCCC/C=C\CCCCCC)COC(=O)CCCCCCCCCCC/C=C\CCCCCCCC. The van der Waals surface area contributed by atoms with Gasteiger partial charge in [-0.25, -0.2) is 0 Å². The van der Waals surface area contributed by atoms with E-state index < -0.39 is 6.10 Å². The average molecular weight is 911 g/mol. The van der Waals surface area contributed by atoms with Gasteiger partial charge in [-0.1, -0.05) is 217 Å². The third-order valence-electron chi connectivity index (χ3n) is 12.3. The largest absolute Gasteiger partial charge is 0.462 e. The topological polar surface area (TPSA) is 78.9 Å². The lowest BCUT2D eigenvalue weighted by Crippen LogP contribution is -2.30. The smallest absolute Gasteiger partial charge is 0.306 e. The molecule has 0 aromatic carbocycles. The van der Waals surface area contributed by atoms with Gasteiger partial charge in [0.05, 0.1) is 0 Å². The molecule has 378 valence electrons. The van der Waals surface area contributed by atoms with E-state index in [4.69, 9.17) is 14.2 Å². The first-order valence-corrected chi connectivity index (χ1v) is 28.1. The molecule has 0 fully saturated rings. The molecular formula is C59H106O6. The van der Waals surface area contributed by atoms with Crippen molar-refractivity contribution in [2.75, 3.05) is 13.2 Å². The maximum Gasteiger partial charge on any atom is 0.306 e. The fourth-order valence-electron chi connectivity index (χ4n) is 7.99. The molecule has 0 bridgehead atoms. The quantitative estimate of drug-likeness (QED) is 0.0262. The molecule has 0 aliphatic heterocycles. The van der Waals surface area contributed by atoms with Crippen LogP contribution in [0.1, 0.15) is 290 Å². The molecule has 0 saturated heterocycles. The van der Waals surface area contributed by atoms with Gasteiger partial charge in [0.25, 0.3) is 0 Å². The zero-order valence-corrected chi connectivity index (χ0v) is 43.3. The summed E-state index contributed by atoms with van der Waals surface area (Å²) in [6.45, 7) is 6.60. The Morgan fingerprint density at radius 1 is 0.308 bits per heavy atom. The monoisotopic (exact) mass is 911 g/mol. The number of carbonyl (C=O) groups excluding carboxylic acids is 3. The molecule has 0 aromatic rings. The summed E-state index contributed by atoms with van der Waals surface area (Å²) in [7, 11) is 0. The Bertz CT molecular complexity index is 1140. The van der Waals surface area contributed by atoms with Crippen molar-refractivity contribution in [1.29, 1.82) is 0 Å². The predicted molar refractivity (Wildman–Crippen MR) is 279 cm³/mol. The van der Waals surface area contributed by atoms with Crippen LogP contribution >= 0.6 is 0 Å². The molecule has 0 amide bonds. The zero-order chi connectivity index (χ0) is 47.2. The van der Waals surface area contributed by atoms with E-state index in [0.717, 1.165) is 89.9 Å². The number of hydrogen-bond donors (Lipinski definition) is 0. The van der Waals surface area contributed by atoms with Crippen molar-refractivity contribution in [3.8, 4) is 0 Å². The van der Waals surface area contributed by atoms with Crippen molar-refractivity contribution in [2.24, 2.45) is 0 Å². The Labute approximate surface area is 403 Å². The highest BCUT2D eigenvalue weighted by Gasteiger charge is 2.19. The molecule has 0 heterocycles. The van der Waals surface area contributed by atoms with E-state index in [1.54, 1.807) is 0 Å². The Balaban J connectivity index is 4.36. The molecule has 0 aromatic heterocycles. The number of ether oxygens (including phenoxy) is 3. The highest BCUT2D eigenvalue weighted by atomic mass is 16.6. The summed E-state index contributed by atoms with van der Waals surface area (Å²) in [4.78, 5) is 38.1. The van der Waals surface area contributed by atoms with Gasteiger partial charge in [0, 0.05) is 19.3 Å². The van der Waals surface area contributed by atoms with Crippen LogP contribution in [0.25, 0.3) is 0 Å². The fraction of sp³-hybridized carbons (Fsp3) is 0.814. The number of esters is 3. The number of hydrogen-bond acceptors (Lipinski definition) is 6. The van der Waals surface area contributed by atoms with Gasteiger partial charge < -0.3 is 14.2 Å². The van der Waals surface area contributed by atoms with E-state index in [9.17, 15) is 14.4 Å². The van der Waals surface area contributed by atoms with Crippen molar-refractivity contribution in [3.05, 3.63) is 48.6 Å². The second kappa shape index (κ2) is 54.0. The first kappa shape index (κ1) is 62.4. The summed E-state index contributed by atoms with van der Waals surface area (Å²) in [6, 6.07) is 0. The van der Waals surface area contributed by atoms with E-state index in [0.29, 0.717) is 19.3 Å². The van der Waals surface area contributed by atoms with Crippen molar-refractivity contribution in [3.63, 3.8) is 0 Å². The second-order valence-corrected chi connectivity index (χ2v) is 18.8. The first-order valence-electron chi connectivity index (χ1n) is 28.1. The number of rotatable bonds is 51. The molecule has 0 radical (unpaired) electrons. The molecule has 0 unspecified atom stereocenters. The standard InChI is InChI=1S/C59H106O6/c1-4-7-10-13-16-19-22-25-27-28-29-30-32-34-37-40-43-46-49-52-58(61)64-55-56(54-63-57(60)51-48-45-42-39-36-33-24-21-18-15-12-9-6-3)65-59(62)53-50-47-44-41-38-35-31-26-23-20-17-14-11-8-5-2/h17,20-21,24-27,31,56H,4-16,18-19,22-23,28-30,32-55H2,1-3H3/b20-17-,24-21-,27-25-,31-26-/t56-/m0/s1. The van der Waals surface area contributed by atoms with Gasteiger partial charge in [0.2, 0.25) is 0 Å². The van der Waals surface area contributed by atoms with Crippen LogP contribution in [0, 0.1) is 0 Å². The highest BCUT2D eigenvalue weighted by molar-refractivity contribution is 5.71. The molecule has 0 aliphatic carbocycles. The summed E-state index contributed by atoms with van der Waals surface area (Å²) in [5.74, 6) is -0.896. The molecule has 65 heavy (non-hydrogen) atoms. The maximum absolute atomic E-state index is 12.8. The third kappa shape index (κ3) is 52.2. The molecule has 0 saturated carbocycles. The Hall–Kier alpha value is -2.63. The summed E-state index contributed by atoms with van der Waals surface area (Å²) in [5.41, 5.74) is 0. The van der Waals surface area contributed by atoms with Gasteiger partial charge in [-0.05, 0) is 103 Å². The number of allylic oxidation sites excluding steroid dienone is 8. The lowest BCUT2D eigenvalue weighted by molar-refractivity contribution is -0.167. The minimum Gasteiger partial charge on any atom is -0.462 e. The van der Waals surface area contributed by atoms with Gasteiger partial charge in [0.15, 0.2) is 6.10 Å². The lowest BCUT2D eigenvalue weighted by Gasteiger charge is -2.18. The molecule has 6 heteroatoms. The molecule has 0 N–H and O–H groups in total. The van der Waals surface area contributed by atoms with Gasteiger partial charge in [-0.3, -0.25) is 14.4 Å². The minimum absolute atomic E-state index is 0.0812. The second-order valence-electron chi connectivity index (χ2n) is 18.8. The predicted octanol–water partition coefficient (Wildman–Crippen LogP) is 18.7. The van der Waals surface area contributed by atoms with Gasteiger partial charge >= 0.3 is 17.9 Å². The molecule has 0 spiro atoms. The van der Waals surface area contributed by atoms with Crippen LogP contribution < -0.4 is 0 Å². The lowest BCUT2D eigenvalue weighted by atomic mass is 10.1. The van der Waals surface area contributed by atoms with Crippen LogP contribution in [0.2, 0.25) is 0 Å². The van der Waals surface area contributed by atoms with Crippen LogP contribution in [-0.2, 0) is 28.6 Å². The summed E-state index contributed by atoms with van der Waals surface area (Å²) in [6.07, 6.45) is 65.2. The van der Waals surface area contributed by atoms with E-state index in [1.807, 2.05) is 0 Å². The molecule has 0 rings (SSSR count). The van der Waals surface area contributed by atoms with E-state index in [1.165, 1.54) is 161 Å². The van der Waals surface area contributed by atoms with Gasteiger partial charge in [-0.15, -0.1) is 0 Å². The highest BCUT2D eigenvalue weighted by Crippen LogP contribution is 2.15. The zero-order valence-electron chi connectivity index (χ0n) is 43.3. The van der Waals surface area contributed by atoms with Crippen LogP contribution in [-0.4, -0.2) is 37.2 Å². The molecule has 0 aliphatic rings. The van der Waals surface area contributed by atoms with Crippen LogP contribution in [0.5, 0.6) is 0 Å². The summed E-state index contributed by atoms with van der Waals surface area (Å²) in [5, 5.41) is 0. The molecule has 6 nitrogen and oxygen atoms in total. The van der Waals surface area contributed by atoms with Crippen molar-refractivity contribution >= 4 is 17.9 Å². The molecular weight excluding hydrogens is 805 g/mol. The minimum atomic E-state index is -0.783. The van der Waals surface area contributed by atoms with Crippen LogP contribution in [0.3, 0.4) is 0 Å². The third-order valence-corrected chi connectivity index (χ3v) is 12.3. The van der Waals surface area contributed by atoms with Gasteiger partial charge in [-0.2, -0.15) is 0 Å². The van der Waals surface area contributed by atoms with Crippen LogP contribution in [0.4, 0.5) is 0 Å². The number of unbranched alkanes of at least 4 members (excludes halogenated alkanes) is 32. The normalized spacial score (nSPS) is 12.4. The summed E-state index contributed by atoms with van der Waals surface area (Å²) >= 11 is 0. The fourth-order valence-corrected chi connectivity index (χ4v) is 7.99. The maximum atomic E-state index is 12.8. The Morgan fingerprint density at radius 3 is 0.908 bits per heavy atom. The first-order chi connectivity index (χ1) is 32.0. The average Bonchev–Trinajstić information content (AvgIpc) is 3.30. The van der Waals surface area contributed by atoms with E-state index in [2.05, 4.69) is 69.4 Å². The Kier molecular flexibility index (Phi) is 51.8. The molecule has 1 atom stereocenters. The summed E-state index contributed by atoms with van der Waals surface area (Å²) < 4.78 is 16.8. The van der Waals surface area contributed by atoms with Crippen molar-refractivity contribution in [2.45, 2.75) is 297 Å². The number of carbonyl (C=O) groups is 3. The Morgan fingerprint density at radius 2 is 0.554 bits per heavy atom. The van der Waals surface area contributed by atoms with Gasteiger partial charge in [0.1, 0.15) is 13.2 Å². The van der Waals surface area contributed by atoms with E-state index >= 15 is 0 Å². The van der Waals surface area contributed by atoms with Crippen LogP contribution in [0.15, 0.2) is 48.6 Å². The van der Waals surface area contributed by atoms with E-state index in [-0.39, 0.29) is 31.1 Å². The van der Waals surface area contributed by atoms with Crippen molar-refractivity contribution in [1.82, 2.24) is 0 Å². The van der Waals surface area contributed by atoms with Crippen molar-refractivity contribution < 1.29 is 28.6 Å².